The van der Waals surface area contributed by atoms with Crippen LogP contribution in [-0.2, 0) is 13.2 Å². The number of nitrogens with one attached hydrogen (secondary N) is 2. The lowest BCUT2D eigenvalue weighted by molar-refractivity contribution is 0.102. The van der Waals surface area contributed by atoms with Crippen molar-refractivity contribution in [2.24, 2.45) is 0 Å². The van der Waals surface area contributed by atoms with Crippen molar-refractivity contribution in [1.29, 1.82) is 0 Å². The number of rotatable bonds is 8. The molecule has 32 heavy (non-hydrogen) atoms. The summed E-state index contributed by atoms with van der Waals surface area (Å²) < 4.78 is 7.62. The van der Waals surface area contributed by atoms with Crippen LogP contribution < -0.4 is 10.1 Å². The van der Waals surface area contributed by atoms with Gasteiger partial charge in [-0.3, -0.25) is 19.6 Å². The van der Waals surface area contributed by atoms with E-state index < -0.39 is 0 Å². The van der Waals surface area contributed by atoms with Crippen molar-refractivity contribution in [1.82, 2.24) is 29.9 Å². The molecule has 11 heteroatoms. The molecule has 0 radical (unpaired) electrons. The monoisotopic (exact) mass is 473 g/mol. The van der Waals surface area contributed by atoms with Crippen molar-refractivity contribution in [2.45, 2.75) is 13.2 Å². The Bertz CT molecular complexity index is 1230. The lowest BCUT2D eigenvalue weighted by Crippen LogP contribution is -2.18. The van der Waals surface area contributed by atoms with Gasteiger partial charge >= 0.3 is 0 Å². The maximum absolute atomic E-state index is 12.8. The summed E-state index contributed by atoms with van der Waals surface area (Å²) in [7, 11) is 3.99. The van der Waals surface area contributed by atoms with Gasteiger partial charge < -0.3 is 15.0 Å². The van der Waals surface area contributed by atoms with Gasteiger partial charge in [0.2, 0.25) is 0 Å². The quantitative estimate of drug-likeness (QED) is 0.402. The topological polar surface area (TPSA) is 101 Å². The fraction of sp³-hybridized carbons (Fsp3) is 0.238. The second-order valence-corrected chi connectivity index (χ2v) is 8.21. The fourth-order valence-corrected chi connectivity index (χ4v) is 3.50. The van der Waals surface area contributed by atoms with E-state index in [-0.39, 0.29) is 18.2 Å². The minimum absolute atomic E-state index is 0.164. The number of halogens is 2. The number of hydrogen-bond donors (Lipinski definition) is 2. The first-order valence-corrected chi connectivity index (χ1v) is 10.5. The maximum atomic E-state index is 12.8. The van der Waals surface area contributed by atoms with Gasteiger partial charge in [0, 0.05) is 36.1 Å². The number of H-pyrrole nitrogens is 1. The SMILES string of the molecule is CN(C)CCn1cc(NC(=O)c2n[nH]c3ccc(OCc4c(Cl)cncc4Cl)cc23)cn1. The van der Waals surface area contributed by atoms with Crippen molar-refractivity contribution in [3.8, 4) is 5.75 Å². The predicted molar refractivity (Wildman–Crippen MR) is 123 cm³/mol. The molecule has 3 aromatic heterocycles. The van der Waals surface area contributed by atoms with Crippen LogP contribution in [-0.4, -0.2) is 56.4 Å². The number of fused-ring (bicyclic) bond motifs is 1. The number of pyridine rings is 1. The third-order valence-electron chi connectivity index (χ3n) is 4.75. The number of aromatic amines is 1. The van der Waals surface area contributed by atoms with E-state index in [4.69, 9.17) is 27.9 Å². The first kappa shape index (κ1) is 22.1. The van der Waals surface area contributed by atoms with Gasteiger partial charge in [-0.1, -0.05) is 23.2 Å². The van der Waals surface area contributed by atoms with E-state index in [2.05, 4.69) is 30.5 Å². The molecule has 0 aliphatic heterocycles. The highest BCUT2D eigenvalue weighted by Gasteiger charge is 2.16. The smallest absolute Gasteiger partial charge is 0.276 e. The highest BCUT2D eigenvalue weighted by Crippen LogP contribution is 2.27. The number of anilines is 1. The summed E-state index contributed by atoms with van der Waals surface area (Å²) in [5.74, 6) is 0.203. The minimum Gasteiger partial charge on any atom is -0.489 e. The molecule has 2 N–H and O–H groups in total. The van der Waals surface area contributed by atoms with Gasteiger partial charge in [0.1, 0.15) is 12.4 Å². The number of carbonyl (C=O) groups is 1. The second-order valence-electron chi connectivity index (χ2n) is 7.40. The molecule has 0 aliphatic rings. The molecule has 9 nitrogen and oxygen atoms in total. The van der Waals surface area contributed by atoms with E-state index in [1.165, 1.54) is 12.4 Å². The Hall–Kier alpha value is -3.14. The molecule has 0 saturated carbocycles. The van der Waals surface area contributed by atoms with Crippen molar-refractivity contribution >= 4 is 45.7 Å². The number of carbonyl (C=O) groups excluding carboxylic acids is 1. The van der Waals surface area contributed by atoms with E-state index in [0.29, 0.717) is 37.9 Å². The Morgan fingerprint density at radius 2 is 2.00 bits per heavy atom. The van der Waals surface area contributed by atoms with Gasteiger partial charge in [0.25, 0.3) is 5.91 Å². The molecule has 0 atom stereocenters. The second kappa shape index (κ2) is 9.56. The average Bonchev–Trinajstić information content (AvgIpc) is 3.38. The first-order valence-electron chi connectivity index (χ1n) is 9.78. The minimum atomic E-state index is -0.346. The van der Waals surface area contributed by atoms with Gasteiger partial charge in [0.05, 0.1) is 34.0 Å². The molecule has 1 amide bonds. The Balaban J connectivity index is 1.48. The summed E-state index contributed by atoms with van der Waals surface area (Å²) in [5.41, 5.74) is 2.20. The highest BCUT2D eigenvalue weighted by atomic mass is 35.5. The summed E-state index contributed by atoms with van der Waals surface area (Å²) >= 11 is 12.3. The number of ether oxygens (including phenoxy) is 1. The van der Waals surface area contributed by atoms with Gasteiger partial charge in [-0.25, -0.2) is 0 Å². The summed E-state index contributed by atoms with van der Waals surface area (Å²) in [5, 5.41) is 15.6. The first-order chi connectivity index (χ1) is 15.4. The molecule has 4 rings (SSSR count). The molecule has 166 valence electrons. The van der Waals surface area contributed by atoms with Crippen LogP contribution in [0.15, 0.2) is 43.0 Å². The summed E-state index contributed by atoms with van der Waals surface area (Å²) in [4.78, 5) is 18.8. The zero-order chi connectivity index (χ0) is 22.7. The largest absolute Gasteiger partial charge is 0.489 e. The van der Waals surface area contributed by atoms with Crippen LogP contribution >= 0.6 is 23.2 Å². The predicted octanol–water partition coefficient (Wildman–Crippen LogP) is 3.85. The molecule has 0 bridgehead atoms. The normalized spacial score (nSPS) is 11.3. The average molecular weight is 474 g/mol. The lowest BCUT2D eigenvalue weighted by atomic mass is 10.2. The highest BCUT2D eigenvalue weighted by molar-refractivity contribution is 6.35. The van der Waals surface area contributed by atoms with Crippen LogP contribution in [0.2, 0.25) is 10.0 Å². The lowest BCUT2D eigenvalue weighted by Gasteiger charge is -2.09. The van der Waals surface area contributed by atoms with Crippen molar-refractivity contribution in [3.05, 3.63) is 64.3 Å². The molecule has 0 saturated heterocycles. The van der Waals surface area contributed by atoms with E-state index >= 15 is 0 Å². The van der Waals surface area contributed by atoms with Crippen LogP contribution in [0.1, 0.15) is 16.1 Å². The van der Waals surface area contributed by atoms with Crippen LogP contribution in [0.25, 0.3) is 10.9 Å². The fourth-order valence-electron chi connectivity index (χ4n) is 3.03. The molecule has 3 heterocycles. The van der Waals surface area contributed by atoms with E-state index in [1.807, 2.05) is 14.1 Å². The third-order valence-corrected chi connectivity index (χ3v) is 5.40. The Labute approximate surface area is 194 Å². The number of benzene rings is 1. The Morgan fingerprint density at radius 3 is 2.75 bits per heavy atom. The third kappa shape index (κ3) is 5.01. The number of hydrogen-bond acceptors (Lipinski definition) is 6. The number of amides is 1. The van der Waals surface area contributed by atoms with Crippen LogP contribution in [0.4, 0.5) is 5.69 Å². The van der Waals surface area contributed by atoms with Crippen molar-refractivity contribution in [3.63, 3.8) is 0 Å². The van der Waals surface area contributed by atoms with Crippen LogP contribution in [0.3, 0.4) is 0 Å². The molecular weight excluding hydrogens is 453 g/mol. The summed E-state index contributed by atoms with van der Waals surface area (Å²) in [6.07, 6.45) is 6.42. The van der Waals surface area contributed by atoms with Gasteiger partial charge in [-0.2, -0.15) is 10.2 Å². The summed E-state index contributed by atoms with van der Waals surface area (Å²) in [6, 6.07) is 5.32. The maximum Gasteiger partial charge on any atom is 0.276 e. The van der Waals surface area contributed by atoms with Gasteiger partial charge in [-0.15, -0.1) is 0 Å². The standard InChI is InChI=1S/C21H21Cl2N7O2/c1-29(2)5-6-30-11-13(8-25-30)26-21(31)20-15-7-14(3-4-19(15)27-28-20)32-12-16-17(22)9-24-10-18(16)23/h3-4,7-11H,5-6,12H2,1-2H3,(H,26,31)(H,27,28). The van der Waals surface area contributed by atoms with Crippen LogP contribution in [0, 0.1) is 0 Å². The molecule has 4 aromatic rings. The molecule has 0 fully saturated rings. The summed E-state index contributed by atoms with van der Waals surface area (Å²) in [6.45, 7) is 1.73. The zero-order valence-corrected chi connectivity index (χ0v) is 19.0. The molecule has 1 aromatic carbocycles. The Morgan fingerprint density at radius 1 is 1.22 bits per heavy atom. The number of nitrogens with zero attached hydrogens (tertiary/aromatic N) is 5. The molecule has 0 spiro atoms. The number of likely N-dealkylation sites (N-methyl/N-ethyl adjacent to an activating group) is 1. The molecule has 0 aliphatic carbocycles. The van der Waals surface area contributed by atoms with E-state index in [0.717, 1.165) is 13.1 Å². The van der Waals surface area contributed by atoms with Gasteiger partial charge in [0.15, 0.2) is 5.69 Å². The van der Waals surface area contributed by atoms with E-state index in [1.54, 1.807) is 35.3 Å². The van der Waals surface area contributed by atoms with Crippen molar-refractivity contribution < 1.29 is 9.53 Å². The Kier molecular flexibility index (Phi) is 6.59. The number of aromatic nitrogens is 5. The molecule has 0 unspecified atom stereocenters. The van der Waals surface area contributed by atoms with Crippen LogP contribution in [0.5, 0.6) is 5.75 Å². The zero-order valence-electron chi connectivity index (χ0n) is 17.5. The van der Waals surface area contributed by atoms with Gasteiger partial charge in [-0.05, 0) is 32.3 Å². The van der Waals surface area contributed by atoms with E-state index in [9.17, 15) is 4.79 Å². The molecular formula is C21H21Cl2N7O2. The van der Waals surface area contributed by atoms with Crippen molar-refractivity contribution in [2.75, 3.05) is 26.0 Å².